The number of hydrogen-bond donors (Lipinski definition) is 1. The fourth-order valence-electron chi connectivity index (χ4n) is 2.19. The lowest BCUT2D eigenvalue weighted by atomic mass is 10.3. The van der Waals surface area contributed by atoms with Crippen molar-refractivity contribution in [2.75, 3.05) is 12.7 Å². The molecule has 1 atom stereocenters. The van der Waals surface area contributed by atoms with Gasteiger partial charge in [0.1, 0.15) is 0 Å². The van der Waals surface area contributed by atoms with Crippen LogP contribution >= 0.6 is 7.92 Å². The van der Waals surface area contributed by atoms with Crippen LogP contribution in [-0.2, 0) is 0 Å². The van der Waals surface area contributed by atoms with Gasteiger partial charge in [-0.25, -0.2) is 0 Å². The van der Waals surface area contributed by atoms with Crippen LogP contribution in [0.25, 0.3) is 0 Å². The van der Waals surface area contributed by atoms with Crippen molar-refractivity contribution in [2.24, 2.45) is 0 Å². The van der Waals surface area contributed by atoms with Gasteiger partial charge in [-0.2, -0.15) is 0 Å². The van der Waals surface area contributed by atoms with Crippen LogP contribution in [0.3, 0.4) is 0 Å². The Morgan fingerprint density at radius 1 is 0.900 bits per heavy atom. The molecule has 0 aliphatic rings. The molecule has 1 N–H and O–H groups in total. The first-order valence-corrected chi connectivity index (χ1v) is 8.95. The van der Waals surface area contributed by atoms with Crippen molar-refractivity contribution >= 4 is 18.5 Å². The largest absolute Gasteiger partial charge is 0.314 e. The molecule has 0 heterocycles. The summed E-state index contributed by atoms with van der Waals surface area (Å²) in [5.74, 6) is 0. The molecule has 0 fully saturated rings. The summed E-state index contributed by atoms with van der Waals surface area (Å²) in [6.07, 6.45) is 2.39. The van der Waals surface area contributed by atoms with E-state index in [9.17, 15) is 0 Å². The number of nitrogens with one attached hydrogen (secondary N) is 1. The number of rotatable bonds is 7. The molecule has 2 aromatic carbocycles. The summed E-state index contributed by atoms with van der Waals surface area (Å²) in [6, 6.07) is 22.5. The van der Waals surface area contributed by atoms with E-state index in [1.165, 1.54) is 23.2 Å². The van der Waals surface area contributed by atoms with Gasteiger partial charge in [0.05, 0.1) is 0 Å². The minimum Gasteiger partial charge on any atom is -0.314 e. The lowest BCUT2D eigenvalue weighted by Gasteiger charge is -2.20. The van der Waals surface area contributed by atoms with Gasteiger partial charge in [-0.3, -0.25) is 0 Å². The topological polar surface area (TPSA) is 12.0 Å². The first kappa shape index (κ1) is 15.2. The van der Waals surface area contributed by atoms with Gasteiger partial charge in [0.2, 0.25) is 0 Å². The fourth-order valence-corrected chi connectivity index (χ4v) is 4.42. The molecule has 106 valence electrons. The second-order valence-corrected chi connectivity index (χ2v) is 7.42. The second-order valence-electron chi connectivity index (χ2n) is 5.09. The van der Waals surface area contributed by atoms with E-state index in [1.807, 2.05) is 0 Å². The highest BCUT2D eigenvalue weighted by atomic mass is 31.1. The van der Waals surface area contributed by atoms with Gasteiger partial charge in [-0.15, -0.1) is 0 Å². The van der Waals surface area contributed by atoms with Gasteiger partial charge in [0.25, 0.3) is 0 Å². The van der Waals surface area contributed by atoms with Crippen molar-refractivity contribution in [1.29, 1.82) is 0 Å². The average molecular weight is 285 g/mol. The maximum atomic E-state index is 3.62. The lowest BCUT2D eigenvalue weighted by Crippen LogP contribution is -2.29. The minimum atomic E-state index is -0.249. The predicted octanol–water partition coefficient (Wildman–Crippen LogP) is 3.51. The molecule has 0 saturated heterocycles. The highest BCUT2D eigenvalue weighted by Gasteiger charge is 2.13. The molecule has 0 radical (unpaired) electrons. The zero-order valence-corrected chi connectivity index (χ0v) is 13.3. The summed E-state index contributed by atoms with van der Waals surface area (Å²) >= 11 is 0. The van der Waals surface area contributed by atoms with E-state index in [4.69, 9.17) is 0 Å². The summed E-state index contributed by atoms with van der Waals surface area (Å²) in [4.78, 5) is 0. The lowest BCUT2D eigenvalue weighted by molar-refractivity contribution is 0.555. The van der Waals surface area contributed by atoms with Gasteiger partial charge >= 0.3 is 0 Å². The van der Waals surface area contributed by atoms with Crippen molar-refractivity contribution in [3.05, 3.63) is 60.7 Å². The monoisotopic (exact) mass is 285 g/mol. The van der Waals surface area contributed by atoms with Crippen molar-refractivity contribution in [1.82, 2.24) is 5.32 Å². The Balaban J connectivity index is 2.09. The van der Waals surface area contributed by atoms with Crippen molar-refractivity contribution in [3.63, 3.8) is 0 Å². The van der Waals surface area contributed by atoms with E-state index in [2.05, 4.69) is 79.8 Å². The van der Waals surface area contributed by atoms with E-state index < -0.39 is 0 Å². The van der Waals surface area contributed by atoms with Crippen LogP contribution in [0.2, 0.25) is 0 Å². The molecule has 0 aliphatic heterocycles. The summed E-state index contributed by atoms with van der Waals surface area (Å²) in [7, 11) is -0.249. The Hall–Kier alpha value is -1.17. The summed E-state index contributed by atoms with van der Waals surface area (Å²) in [5, 5.41) is 6.56. The van der Waals surface area contributed by atoms with Crippen LogP contribution in [-0.4, -0.2) is 18.7 Å². The third-order valence-electron chi connectivity index (χ3n) is 3.58. The van der Waals surface area contributed by atoms with Crippen LogP contribution in [0, 0.1) is 0 Å². The van der Waals surface area contributed by atoms with Crippen LogP contribution in [0.4, 0.5) is 0 Å². The van der Waals surface area contributed by atoms with Gasteiger partial charge in [0, 0.05) is 6.04 Å². The SMILES string of the molecule is CCC(C)NCCP(c1ccccc1)c1ccccc1. The maximum absolute atomic E-state index is 3.62. The quantitative estimate of drug-likeness (QED) is 0.768. The highest BCUT2D eigenvalue weighted by molar-refractivity contribution is 7.73. The molecule has 0 amide bonds. The normalized spacial score (nSPS) is 12.6. The molecule has 20 heavy (non-hydrogen) atoms. The third kappa shape index (κ3) is 4.44. The van der Waals surface area contributed by atoms with Crippen LogP contribution in [0.15, 0.2) is 60.7 Å². The first-order chi connectivity index (χ1) is 9.81. The Labute approximate surface area is 124 Å². The molecule has 2 rings (SSSR count). The van der Waals surface area contributed by atoms with Gasteiger partial charge in [0.15, 0.2) is 0 Å². The highest BCUT2D eigenvalue weighted by Crippen LogP contribution is 2.32. The predicted molar refractivity (Wildman–Crippen MR) is 91.7 cm³/mol. The van der Waals surface area contributed by atoms with Gasteiger partial charge < -0.3 is 5.32 Å². The van der Waals surface area contributed by atoms with E-state index >= 15 is 0 Å². The van der Waals surface area contributed by atoms with E-state index in [0.717, 1.165) is 6.54 Å². The second kappa shape index (κ2) is 8.19. The Morgan fingerprint density at radius 3 is 1.85 bits per heavy atom. The average Bonchev–Trinajstić information content (AvgIpc) is 2.53. The molecule has 0 spiro atoms. The molecule has 0 aliphatic carbocycles. The molecule has 0 aromatic heterocycles. The maximum Gasteiger partial charge on any atom is 0.00362 e. The zero-order valence-electron chi connectivity index (χ0n) is 12.4. The van der Waals surface area contributed by atoms with Crippen molar-refractivity contribution < 1.29 is 0 Å². The number of hydrogen-bond acceptors (Lipinski definition) is 1. The molecule has 2 aromatic rings. The van der Waals surface area contributed by atoms with Gasteiger partial charge in [-0.05, 0) is 44.6 Å². The molecule has 1 nitrogen and oxygen atoms in total. The van der Waals surface area contributed by atoms with E-state index in [1.54, 1.807) is 0 Å². The smallest absolute Gasteiger partial charge is 0.00362 e. The fraction of sp³-hybridized carbons (Fsp3) is 0.333. The molecule has 2 heteroatoms. The Kier molecular flexibility index (Phi) is 6.24. The first-order valence-electron chi connectivity index (χ1n) is 7.42. The Morgan fingerprint density at radius 2 is 1.40 bits per heavy atom. The zero-order chi connectivity index (χ0) is 14.2. The molecule has 1 unspecified atom stereocenters. The standard InChI is InChI=1S/C18H24NP/c1-3-16(2)19-14-15-20(17-10-6-4-7-11-17)18-12-8-5-9-13-18/h4-13,16,19H,3,14-15H2,1-2H3. The van der Waals surface area contributed by atoms with Crippen LogP contribution < -0.4 is 15.9 Å². The van der Waals surface area contributed by atoms with Crippen LogP contribution in [0.5, 0.6) is 0 Å². The molecular formula is C18H24NP. The summed E-state index contributed by atoms with van der Waals surface area (Å²) in [6.45, 7) is 5.58. The summed E-state index contributed by atoms with van der Waals surface area (Å²) < 4.78 is 0. The van der Waals surface area contributed by atoms with Crippen molar-refractivity contribution in [3.8, 4) is 0 Å². The van der Waals surface area contributed by atoms with E-state index in [-0.39, 0.29) is 7.92 Å². The summed E-state index contributed by atoms with van der Waals surface area (Å²) in [5.41, 5.74) is 0. The third-order valence-corrected chi connectivity index (χ3v) is 6.09. The molecular weight excluding hydrogens is 261 g/mol. The van der Waals surface area contributed by atoms with Crippen LogP contribution in [0.1, 0.15) is 20.3 Å². The molecule has 0 bridgehead atoms. The van der Waals surface area contributed by atoms with Gasteiger partial charge in [-0.1, -0.05) is 67.6 Å². The van der Waals surface area contributed by atoms with E-state index in [0.29, 0.717) is 6.04 Å². The number of benzene rings is 2. The molecule has 0 saturated carbocycles. The van der Waals surface area contributed by atoms with Crippen molar-refractivity contribution in [2.45, 2.75) is 26.3 Å². The minimum absolute atomic E-state index is 0.249. The Bertz CT molecular complexity index is 444.